The molecule has 3 aromatic rings. The summed E-state index contributed by atoms with van der Waals surface area (Å²) in [5, 5.41) is 9.17. The second-order valence-corrected chi connectivity index (χ2v) is 7.89. The Kier molecular flexibility index (Phi) is 5.95. The molecule has 0 radical (unpaired) electrons. The molecule has 1 saturated carbocycles. The van der Waals surface area contributed by atoms with Gasteiger partial charge in [-0.25, -0.2) is 0 Å². The van der Waals surface area contributed by atoms with Crippen LogP contribution in [-0.2, 0) is 0 Å². The van der Waals surface area contributed by atoms with Crippen LogP contribution in [0.2, 0.25) is 5.02 Å². The van der Waals surface area contributed by atoms with Crippen molar-refractivity contribution in [3.63, 3.8) is 0 Å². The van der Waals surface area contributed by atoms with Gasteiger partial charge in [-0.05, 0) is 49.9 Å². The van der Waals surface area contributed by atoms with Gasteiger partial charge in [0.05, 0.1) is 19.7 Å². The third-order valence-electron chi connectivity index (χ3n) is 5.51. The molecule has 1 aromatic heterocycles. The molecule has 1 heterocycles. The predicted octanol–water partition coefficient (Wildman–Crippen LogP) is 5.74. The van der Waals surface area contributed by atoms with Crippen LogP contribution in [0.5, 0.6) is 11.5 Å². The lowest BCUT2D eigenvalue weighted by atomic mass is 9.90. The Labute approximate surface area is 176 Å². The number of anilines is 2. The molecule has 2 N–H and O–H groups in total. The smallest absolute Gasteiger partial charge is 0.124 e. The van der Waals surface area contributed by atoms with Gasteiger partial charge in [-0.2, -0.15) is 0 Å². The van der Waals surface area contributed by atoms with E-state index in [9.17, 15) is 0 Å². The molecule has 0 saturated heterocycles. The zero-order valence-corrected chi connectivity index (χ0v) is 17.5. The van der Waals surface area contributed by atoms with E-state index in [1.54, 1.807) is 14.2 Å². The Morgan fingerprint density at radius 2 is 1.52 bits per heavy atom. The van der Waals surface area contributed by atoms with Gasteiger partial charge in [0.1, 0.15) is 11.5 Å². The van der Waals surface area contributed by atoms with Crippen LogP contribution in [0, 0.1) is 0 Å². The van der Waals surface area contributed by atoms with E-state index in [-0.39, 0.29) is 0 Å². The highest BCUT2D eigenvalue weighted by atomic mass is 35.5. The van der Waals surface area contributed by atoms with Gasteiger partial charge in [0, 0.05) is 58.3 Å². The fourth-order valence-corrected chi connectivity index (χ4v) is 4.14. The van der Waals surface area contributed by atoms with Gasteiger partial charge in [0.25, 0.3) is 0 Å². The highest BCUT2D eigenvalue weighted by Gasteiger charge is 2.22. The van der Waals surface area contributed by atoms with Gasteiger partial charge in [-0.3, -0.25) is 4.98 Å². The Balaban J connectivity index is 1.38. The molecular formula is C23H26ClN3O2. The number of benzene rings is 2. The summed E-state index contributed by atoms with van der Waals surface area (Å²) in [4.78, 5) is 4.43. The third-order valence-corrected chi connectivity index (χ3v) is 5.75. The number of hydrogen-bond acceptors (Lipinski definition) is 5. The summed E-state index contributed by atoms with van der Waals surface area (Å²) >= 11 is 6.10. The fourth-order valence-electron chi connectivity index (χ4n) is 3.98. The molecule has 2 aromatic carbocycles. The maximum atomic E-state index is 6.10. The van der Waals surface area contributed by atoms with Crippen molar-refractivity contribution in [1.29, 1.82) is 0 Å². The Hall–Kier alpha value is -2.66. The number of hydrogen-bond donors (Lipinski definition) is 2. The van der Waals surface area contributed by atoms with Crippen LogP contribution >= 0.6 is 11.6 Å². The van der Waals surface area contributed by atoms with Crippen molar-refractivity contribution >= 4 is 33.9 Å². The van der Waals surface area contributed by atoms with Crippen molar-refractivity contribution in [2.45, 2.75) is 37.8 Å². The monoisotopic (exact) mass is 411 g/mol. The minimum Gasteiger partial charge on any atom is -0.497 e. The van der Waals surface area contributed by atoms with Gasteiger partial charge >= 0.3 is 0 Å². The molecular weight excluding hydrogens is 386 g/mol. The number of aromatic nitrogens is 1. The van der Waals surface area contributed by atoms with Gasteiger partial charge in [-0.15, -0.1) is 0 Å². The second-order valence-electron chi connectivity index (χ2n) is 7.46. The molecule has 0 unspecified atom stereocenters. The van der Waals surface area contributed by atoms with Crippen LogP contribution in [0.25, 0.3) is 10.9 Å². The first kappa shape index (κ1) is 19.6. The number of rotatable bonds is 6. The van der Waals surface area contributed by atoms with Gasteiger partial charge in [0.2, 0.25) is 0 Å². The Bertz CT molecular complexity index is 965. The predicted molar refractivity (Wildman–Crippen MR) is 120 cm³/mol. The highest BCUT2D eigenvalue weighted by molar-refractivity contribution is 6.31. The maximum absolute atomic E-state index is 6.10. The number of methoxy groups -OCH3 is 2. The molecule has 152 valence electrons. The standard InChI is InChI=1S/C23H26ClN3O2/c1-28-19-12-18(13-20(14-19)29-2)26-16-4-6-17(7-5-16)27-22-9-10-25-23-11-15(24)3-8-21(22)23/h3,8-14,16-17,26H,4-7H2,1-2H3,(H,25,27). The molecule has 6 heteroatoms. The molecule has 0 atom stereocenters. The Morgan fingerprint density at radius 3 is 2.17 bits per heavy atom. The van der Waals surface area contributed by atoms with E-state index >= 15 is 0 Å². The van der Waals surface area contributed by atoms with E-state index in [1.165, 1.54) is 0 Å². The minimum atomic E-state index is 0.442. The molecule has 1 aliphatic carbocycles. The van der Waals surface area contributed by atoms with E-state index in [1.807, 2.05) is 48.7 Å². The quantitative estimate of drug-likeness (QED) is 0.541. The van der Waals surface area contributed by atoms with Gasteiger partial charge in [0.15, 0.2) is 0 Å². The van der Waals surface area contributed by atoms with Crippen LogP contribution in [0.4, 0.5) is 11.4 Å². The van der Waals surface area contributed by atoms with Crippen LogP contribution in [0.3, 0.4) is 0 Å². The Morgan fingerprint density at radius 1 is 0.862 bits per heavy atom. The maximum Gasteiger partial charge on any atom is 0.124 e. The zero-order valence-electron chi connectivity index (χ0n) is 16.7. The fraction of sp³-hybridized carbons (Fsp3) is 0.348. The number of pyridine rings is 1. The first-order valence-electron chi connectivity index (χ1n) is 9.95. The zero-order chi connectivity index (χ0) is 20.2. The third kappa shape index (κ3) is 4.67. The van der Waals surface area contributed by atoms with Crippen molar-refractivity contribution < 1.29 is 9.47 Å². The lowest BCUT2D eigenvalue weighted by molar-refractivity contribution is 0.394. The number of halogens is 1. The van der Waals surface area contributed by atoms with Gasteiger partial charge in [-0.1, -0.05) is 11.6 Å². The number of fused-ring (bicyclic) bond motifs is 1. The van der Waals surface area contributed by atoms with Crippen molar-refractivity contribution in [2.24, 2.45) is 0 Å². The van der Waals surface area contributed by atoms with Crippen molar-refractivity contribution in [3.05, 3.63) is 53.7 Å². The average molecular weight is 412 g/mol. The van der Waals surface area contributed by atoms with E-state index in [2.05, 4.69) is 15.6 Å². The number of nitrogens with zero attached hydrogens (tertiary/aromatic N) is 1. The van der Waals surface area contributed by atoms with Crippen molar-refractivity contribution in [1.82, 2.24) is 4.98 Å². The molecule has 0 bridgehead atoms. The van der Waals surface area contributed by atoms with E-state index in [0.717, 1.165) is 59.5 Å². The summed E-state index contributed by atoms with van der Waals surface area (Å²) in [6.45, 7) is 0. The summed E-state index contributed by atoms with van der Waals surface area (Å²) in [6, 6.07) is 14.7. The molecule has 1 fully saturated rings. The summed E-state index contributed by atoms with van der Waals surface area (Å²) < 4.78 is 10.7. The molecule has 29 heavy (non-hydrogen) atoms. The molecule has 5 nitrogen and oxygen atoms in total. The van der Waals surface area contributed by atoms with Gasteiger partial charge < -0.3 is 20.1 Å². The molecule has 0 spiro atoms. The molecule has 4 rings (SSSR count). The normalized spacial score (nSPS) is 19.0. The first-order chi connectivity index (χ1) is 14.1. The lowest BCUT2D eigenvalue weighted by Crippen LogP contribution is -2.32. The number of ether oxygens (including phenoxy) is 2. The summed E-state index contributed by atoms with van der Waals surface area (Å²) in [5.74, 6) is 1.60. The van der Waals surface area contributed by atoms with Crippen molar-refractivity contribution in [3.8, 4) is 11.5 Å². The van der Waals surface area contributed by atoms with Crippen LogP contribution < -0.4 is 20.1 Å². The first-order valence-corrected chi connectivity index (χ1v) is 10.3. The lowest BCUT2D eigenvalue weighted by Gasteiger charge is -2.31. The molecule has 0 amide bonds. The van der Waals surface area contributed by atoms with Crippen LogP contribution in [0.15, 0.2) is 48.7 Å². The topological polar surface area (TPSA) is 55.4 Å². The van der Waals surface area contributed by atoms with E-state index < -0.39 is 0 Å². The number of nitrogens with one attached hydrogen (secondary N) is 2. The SMILES string of the molecule is COc1cc(NC2CCC(Nc3ccnc4cc(Cl)ccc34)CC2)cc(OC)c1. The largest absolute Gasteiger partial charge is 0.497 e. The summed E-state index contributed by atoms with van der Waals surface area (Å²) in [6.07, 6.45) is 6.26. The molecule has 0 aliphatic heterocycles. The summed E-state index contributed by atoms with van der Waals surface area (Å²) in [7, 11) is 3.35. The van der Waals surface area contributed by atoms with E-state index in [0.29, 0.717) is 17.1 Å². The van der Waals surface area contributed by atoms with Crippen molar-refractivity contribution in [2.75, 3.05) is 24.9 Å². The second kappa shape index (κ2) is 8.78. The summed E-state index contributed by atoms with van der Waals surface area (Å²) in [5.41, 5.74) is 3.08. The molecule has 1 aliphatic rings. The average Bonchev–Trinajstić information content (AvgIpc) is 2.74. The minimum absolute atomic E-state index is 0.442. The van der Waals surface area contributed by atoms with Crippen LogP contribution in [-0.4, -0.2) is 31.3 Å². The highest BCUT2D eigenvalue weighted by Crippen LogP contribution is 2.31. The van der Waals surface area contributed by atoms with Crippen LogP contribution in [0.1, 0.15) is 25.7 Å². The van der Waals surface area contributed by atoms with E-state index in [4.69, 9.17) is 21.1 Å².